The van der Waals surface area contributed by atoms with Crippen molar-refractivity contribution >= 4 is 5.97 Å². The van der Waals surface area contributed by atoms with E-state index < -0.39 is 17.5 Å². The second-order valence-electron chi connectivity index (χ2n) is 5.19. The van der Waals surface area contributed by atoms with Gasteiger partial charge in [-0.2, -0.15) is 0 Å². The molecule has 108 valence electrons. The summed E-state index contributed by atoms with van der Waals surface area (Å²) >= 11 is 0. The normalized spacial score (nSPS) is 20.5. The predicted octanol–water partition coefficient (Wildman–Crippen LogP) is 2.50. The van der Waals surface area contributed by atoms with E-state index in [4.69, 9.17) is 4.74 Å². The van der Waals surface area contributed by atoms with Crippen LogP contribution in [0.1, 0.15) is 25.0 Å². The van der Waals surface area contributed by atoms with Gasteiger partial charge in [0, 0.05) is 17.3 Å². The van der Waals surface area contributed by atoms with Gasteiger partial charge in [-0.3, -0.25) is 9.78 Å². The Balaban J connectivity index is 2.20. The first-order chi connectivity index (χ1) is 10.1. The van der Waals surface area contributed by atoms with Gasteiger partial charge in [0.25, 0.3) is 0 Å². The number of carbonyl (C=O) groups is 1. The highest BCUT2D eigenvalue weighted by Gasteiger charge is 2.49. The van der Waals surface area contributed by atoms with Crippen LogP contribution in [-0.4, -0.2) is 22.7 Å². The number of rotatable bonds is 3. The molecule has 2 aromatic rings. The summed E-state index contributed by atoms with van der Waals surface area (Å²) in [4.78, 5) is 16.5. The quantitative estimate of drug-likeness (QED) is 0.879. The Labute approximate surface area is 123 Å². The third-order valence-corrected chi connectivity index (χ3v) is 4.08. The maximum Gasteiger partial charge on any atom is 0.312 e. The van der Waals surface area contributed by atoms with Gasteiger partial charge in [0.1, 0.15) is 5.60 Å². The fourth-order valence-corrected chi connectivity index (χ4v) is 3.00. The van der Waals surface area contributed by atoms with Crippen LogP contribution in [0.15, 0.2) is 42.6 Å². The van der Waals surface area contributed by atoms with Crippen molar-refractivity contribution in [2.24, 2.45) is 5.92 Å². The Morgan fingerprint density at radius 1 is 1.29 bits per heavy atom. The SMILES string of the molecule is CCOC(=O)[C@H](C)[C@]1(O)c2ccccc2-c2ncccc21. The molecule has 4 nitrogen and oxygen atoms in total. The Kier molecular flexibility index (Phi) is 3.26. The minimum absolute atomic E-state index is 0.292. The second kappa shape index (κ2) is 4.97. The predicted molar refractivity (Wildman–Crippen MR) is 78.5 cm³/mol. The van der Waals surface area contributed by atoms with Crippen molar-refractivity contribution in [2.75, 3.05) is 6.61 Å². The van der Waals surface area contributed by atoms with Gasteiger partial charge in [-0.05, 0) is 25.5 Å². The molecule has 3 rings (SSSR count). The lowest BCUT2D eigenvalue weighted by Gasteiger charge is -2.30. The molecule has 1 aliphatic carbocycles. The van der Waals surface area contributed by atoms with Gasteiger partial charge in [0.15, 0.2) is 0 Å². The lowest BCUT2D eigenvalue weighted by molar-refractivity contribution is -0.155. The van der Waals surface area contributed by atoms with E-state index in [0.717, 1.165) is 11.3 Å². The summed E-state index contributed by atoms with van der Waals surface area (Å²) in [7, 11) is 0. The molecular formula is C17H17NO3. The highest BCUT2D eigenvalue weighted by molar-refractivity contribution is 5.83. The molecule has 21 heavy (non-hydrogen) atoms. The largest absolute Gasteiger partial charge is 0.466 e. The van der Waals surface area contributed by atoms with Crippen molar-refractivity contribution < 1.29 is 14.6 Å². The zero-order valence-corrected chi connectivity index (χ0v) is 12.0. The Hall–Kier alpha value is -2.20. The molecular weight excluding hydrogens is 266 g/mol. The number of fused-ring (bicyclic) bond motifs is 3. The Morgan fingerprint density at radius 2 is 2.00 bits per heavy atom. The van der Waals surface area contributed by atoms with E-state index >= 15 is 0 Å². The average Bonchev–Trinajstić information content (AvgIpc) is 2.78. The van der Waals surface area contributed by atoms with Crippen molar-refractivity contribution in [3.63, 3.8) is 0 Å². The van der Waals surface area contributed by atoms with Crippen LogP contribution in [0.3, 0.4) is 0 Å². The van der Waals surface area contributed by atoms with Crippen molar-refractivity contribution in [2.45, 2.75) is 19.4 Å². The Bertz CT molecular complexity index is 650. The molecule has 1 aliphatic rings. The van der Waals surface area contributed by atoms with Crippen molar-refractivity contribution in [1.82, 2.24) is 4.98 Å². The molecule has 1 aromatic carbocycles. The third-order valence-electron chi connectivity index (χ3n) is 4.08. The molecule has 0 spiro atoms. The van der Waals surface area contributed by atoms with E-state index in [-0.39, 0.29) is 0 Å². The van der Waals surface area contributed by atoms with Crippen molar-refractivity contribution in [3.05, 3.63) is 53.7 Å². The number of hydrogen-bond acceptors (Lipinski definition) is 4. The first-order valence-corrected chi connectivity index (χ1v) is 7.05. The molecule has 1 N–H and O–H groups in total. The molecule has 0 aliphatic heterocycles. The smallest absolute Gasteiger partial charge is 0.312 e. The molecule has 0 amide bonds. The fourth-order valence-electron chi connectivity index (χ4n) is 3.00. The van der Waals surface area contributed by atoms with Crippen LogP contribution >= 0.6 is 0 Å². The number of aromatic nitrogens is 1. The number of esters is 1. The van der Waals surface area contributed by atoms with E-state index in [2.05, 4.69) is 4.98 Å². The maximum atomic E-state index is 12.2. The number of nitrogens with zero attached hydrogens (tertiary/aromatic N) is 1. The molecule has 0 fully saturated rings. The summed E-state index contributed by atoms with van der Waals surface area (Å²) in [5.41, 5.74) is 1.57. The second-order valence-corrected chi connectivity index (χ2v) is 5.19. The zero-order valence-electron chi connectivity index (χ0n) is 12.0. The molecule has 0 radical (unpaired) electrons. The van der Waals surface area contributed by atoms with Gasteiger partial charge in [-0.15, -0.1) is 0 Å². The van der Waals surface area contributed by atoms with Crippen LogP contribution in [0.25, 0.3) is 11.3 Å². The fraction of sp³-hybridized carbons (Fsp3) is 0.294. The van der Waals surface area contributed by atoms with Gasteiger partial charge in [-0.1, -0.05) is 30.3 Å². The first-order valence-electron chi connectivity index (χ1n) is 7.05. The number of carbonyl (C=O) groups excluding carboxylic acids is 1. The lowest BCUT2D eigenvalue weighted by Crippen LogP contribution is -2.38. The standard InChI is InChI=1S/C17H17NO3/c1-3-21-16(19)11(2)17(20)13-8-5-4-7-12(13)15-14(17)9-6-10-18-15/h4-11,20H,3H2,1-2H3/t11-,17-/m0/s1. The van der Waals surface area contributed by atoms with Gasteiger partial charge in [0.05, 0.1) is 18.2 Å². The van der Waals surface area contributed by atoms with Crippen LogP contribution in [0, 0.1) is 5.92 Å². The van der Waals surface area contributed by atoms with E-state index in [1.807, 2.05) is 30.3 Å². The van der Waals surface area contributed by atoms with Gasteiger partial charge >= 0.3 is 5.97 Å². The minimum Gasteiger partial charge on any atom is -0.466 e. The lowest BCUT2D eigenvalue weighted by atomic mass is 9.80. The van der Waals surface area contributed by atoms with Crippen LogP contribution in [0.5, 0.6) is 0 Å². The average molecular weight is 283 g/mol. The summed E-state index contributed by atoms with van der Waals surface area (Å²) in [6.45, 7) is 3.74. The number of hydrogen-bond donors (Lipinski definition) is 1. The summed E-state index contributed by atoms with van der Waals surface area (Å²) < 4.78 is 5.09. The number of benzene rings is 1. The number of ether oxygens (including phenoxy) is 1. The van der Waals surface area contributed by atoms with Crippen LogP contribution in [0.2, 0.25) is 0 Å². The van der Waals surface area contributed by atoms with E-state index in [9.17, 15) is 9.90 Å². The molecule has 0 unspecified atom stereocenters. The minimum atomic E-state index is -1.40. The summed E-state index contributed by atoms with van der Waals surface area (Å²) in [5.74, 6) is -1.12. The van der Waals surface area contributed by atoms with Crippen molar-refractivity contribution in [1.29, 1.82) is 0 Å². The van der Waals surface area contributed by atoms with E-state index in [1.165, 1.54) is 0 Å². The molecule has 2 atom stereocenters. The molecule has 4 heteroatoms. The highest BCUT2D eigenvalue weighted by Crippen LogP contribution is 2.50. The third kappa shape index (κ3) is 1.87. The van der Waals surface area contributed by atoms with Crippen LogP contribution in [-0.2, 0) is 15.1 Å². The molecule has 1 aromatic heterocycles. The Morgan fingerprint density at radius 3 is 2.76 bits per heavy atom. The number of pyridine rings is 1. The van der Waals surface area contributed by atoms with E-state index in [1.54, 1.807) is 26.1 Å². The first kappa shape index (κ1) is 13.8. The molecule has 0 saturated heterocycles. The molecule has 0 saturated carbocycles. The topological polar surface area (TPSA) is 59.4 Å². The summed E-state index contributed by atoms with van der Waals surface area (Å²) in [5, 5.41) is 11.3. The highest BCUT2D eigenvalue weighted by atomic mass is 16.5. The van der Waals surface area contributed by atoms with Crippen LogP contribution < -0.4 is 0 Å². The van der Waals surface area contributed by atoms with Gasteiger partial charge in [0.2, 0.25) is 0 Å². The maximum absolute atomic E-state index is 12.2. The zero-order chi connectivity index (χ0) is 15.0. The monoisotopic (exact) mass is 283 g/mol. The molecule has 0 bridgehead atoms. The summed E-state index contributed by atoms with van der Waals surface area (Å²) in [6, 6.07) is 11.1. The number of aliphatic hydroxyl groups is 1. The summed E-state index contributed by atoms with van der Waals surface area (Å²) in [6.07, 6.45) is 1.69. The van der Waals surface area contributed by atoms with Crippen molar-refractivity contribution in [3.8, 4) is 11.3 Å². The van der Waals surface area contributed by atoms with E-state index in [0.29, 0.717) is 17.7 Å². The van der Waals surface area contributed by atoms with Gasteiger partial charge in [-0.25, -0.2) is 0 Å². The molecule has 1 heterocycles. The van der Waals surface area contributed by atoms with Gasteiger partial charge < -0.3 is 9.84 Å². The van der Waals surface area contributed by atoms with Crippen LogP contribution in [0.4, 0.5) is 0 Å².